The molecule has 0 saturated heterocycles. The Balaban J connectivity index is 2.76. The van der Waals surface area contributed by atoms with Crippen LogP contribution in [0, 0.1) is 6.92 Å². The van der Waals surface area contributed by atoms with E-state index >= 15 is 0 Å². The summed E-state index contributed by atoms with van der Waals surface area (Å²) in [5, 5.41) is 19.7. The van der Waals surface area contributed by atoms with Crippen molar-refractivity contribution in [2.75, 3.05) is 5.75 Å². The van der Waals surface area contributed by atoms with E-state index < -0.39 is 23.9 Å². The summed E-state index contributed by atoms with van der Waals surface area (Å²) in [5.74, 6) is 0.340. The smallest absolute Gasteiger partial charge is 0.390 e. The zero-order chi connectivity index (χ0) is 16.2. The van der Waals surface area contributed by atoms with Crippen LogP contribution in [0.25, 0.3) is 0 Å². The molecule has 0 aliphatic carbocycles. The minimum absolute atomic E-state index is 0.00985. The molecule has 3 nitrogen and oxygen atoms in total. The molecule has 1 aromatic carbocycles. The lowest BCUT2D eigenvalue weighted by molar-refractivity contribution is -0.138. The molecule has 1 aromatic rings. The van der Waals surface area contributed by atoms with Gasteiger partial charge in [-0.15, -0.1) is 0 Å². The van der Waals surface area contributed by atoms with E-state index in [-0.39, 0.29) is 22.7 Å². The van der Waals surface area contributed by atoms with Gasteiger partial charge in [0, 0.05) is 12.7 Å². The molecule has 7 heteroatoms. The second-order valence-electron chi connectivity index (χ2n) is 4.71. The predicted molar refractivity (Wildman–Crippen MR) is 74.9 cm³/mol. The second kappa shape index (κ2) is 7.29. The van der Waals surface area contributed by atoms with E-state index in [2.05, 4.69) is 0 Å². The number of thioether (sulfide) groups is 1. The van der Waals surface area contributed by atoms with Gasteiger partial charge in [-0.25, -0.2) is 0 Å². The first-order valence-electron chi connectivity index (χ1n) is 6.30. The Kier molecular flexibility index (Phi) is 6.24. The van der Waals surface area contributed by atoms with Gasteiger partial charge < -0.3 is 10.2 Å². The first-order valence-corrected chi connectivity index (χ1v) is 7.28. The van der Waals surface area contributed by atoms with E-state index in [1.54, 1.807) is 0 Å². The average Bonchev–Trinajstić information content (AvgIpc) is 2.35. The lowest BCUT2D eigenvalue weighted by Gasteiger charge is -2.19. The van der Waals surface area contributed by atoms with E-state index in [0.29, 0.717) is 5.75 Å². The molecule has 2 N–H and O–H groups in total. The highest BCUT2D eigenvalue weighted by molar-refractivity contribution is 8.13. The maximum absolute atomic E-state index is 12.6. The summed E-state index contributed by atoms with van der Waals surface area (Å²) >= 11 is 1.02. The fraction of sp³-hybridized carbons (Fsp3) is 0.500. The van der Waals surface area contributed by atoms with Gasteiger partial charge >= 0.3 is 6.18 Å². The summed E-state index contributed by atoms with van der Waals surface area (Å²) in [7, 11) is 0. The maximum atomic E-state index is 12.6. The van der Waals surface area contributed by atoms with Crippen LogP contribution >= 0.6 is 11.8 Å². The Labute approximate surface area is 125 Å². The van der Waals surface area contributed by atoms with Crippen molar-refractivity contribution in [3.8, 4) is 0 Å². The lowest BCUT2D eigenvalue weighted by Crippen LogP contribution is -2.20. The molecular formula is C14H17F3O3S. The number of halogens is 3. The molecule has 0 saturated carbocycles. The Morgan fingerprint density at radius 3 is 2.43 bits per heavy atom. The minimum atomic E-state index is -4.44. The second-order valence-corrected chi connectivity index (χ2v) is 5.98. The van der Waals surface area contributed by atoms with Crippen molar-refractivity contribution in [3.05, 3.63) is 34.9 Å². The highest BCUT2D eigenvalue weighted by atomic mass is 32.2. The first kappa shape index (κ1) is 18.0. The summed E-state index contributed by atoms with van der Waals surface area (Å²) in [6, 6.07) is 3.27. The fourth-order valence-corrected chi connectivity index (χ4v) is 2.54. The summed E-state index contributed by atoms with van der Waals surface area (Å²) < 4.78 is 37.9. The number of hydrogen-bond donors (Lipinski definition) is 2. The standard InChI is InChI=1S/C14H17F3O3S/c1-8-7-10(3-4-11(8)14(15,16)17)13(20)12(19)5-6-21-9(2)18/h3-4,7,12-13,19-20H,5-6H2,1-2H3. The Morgan fingerprint density at radius 1 is 1.33 bits per heavy atom. The van der Waals surface area contributed by atoms with Gasteiger partial charge in [-0.3, -0.25) is 4.79 Å². The van der Waals surface area contributed by atoms with Gasteiger partial charge in [0.25, 0.3) is 0 Å². The third-order valence-electron chi connectivity index (χ3n) is 2.98. The Hall–Kier alpha value is -1.05. The number of carbonyl (C=O) groups is 1. The molecule has 0 aromatic heterocycles. The summed E-state index contributed by atoms with van der Waals surface area (Å²) in [6.45, 7) is 2.70. The van der Waals surface area contributed by atoms with Gasteiger partial charge in [-0.05, 0) is 30.5 Å². The molecule has 0 heterocycles. The van der Waals surface area contributed by atoms with Crippen LogP contribution in [0.3, 0.4) is 0 Å². The molecule has 0 radical (unpaired) electrons. The molecule has 1 rings (SSSR count). The normalized spacial score (nSPS) is 14.8. The van der Waals surface area contributed by atoms with Crippen LogP contribution in [-0.2, 0) is 11.0 Å². The van der Waals surface area contributed by atoms with Gasteiger partial charge in [0.1, 0.15) is 6.10 Å². The Bertz CT molecular complexity index is 503. The molecule has 118 valence electrons. The average molecular weight is 322 g/mol. The van der Waals surface area contributed by atoms with Gasteiger partial charge in [-0.1, -0.05) is 23.9 Å². The Morgan fingerprint density at radius 2 is 1.95 bits per heavy atom. The van der Waals surface area contributed by atoms with Crippen molar-refractivity contribution in [1.29, 1.82) is 0 Å². The fourth-order valence-electron chi connectivity index (χ4n) is 1.89. The summed E-state index contributed by atoms with van der Waals surface area (Å²) in [5.41, 5.74) is -0.551. The molecule has 2 atom stereocenters. The van der Waals surface area contributed by atoms with E-state index in [0.717, 1.165) is 23.9 Å². The van der Waals surface area contributed by atoms with Crippen LogP contribution in [0.5, 0.6) is 0 Å². The highest BCUT2D eigenvalue weighted by Crippen LogP contribution is 2.33. The van der Waals surface area contributed by atoms with Gasteiger partial charge in [-0.2, -0.15) is 13.2 Å². The van der Waals surface area contributed by atoms with Crippen molar-refractivity contribution < 1.29 is 28.2 Å². The van der Waals surface area contributed by atoms with Gasteiger partial charge in [0.05, 0.1) is 11.7 Å². The quantitative estimate of drug-likeness (QED) is 0.875. The van der Waals surface area contributed by atoms with Crippen LogP contribution in [0.1, 0.15) is 36.1 Å². The number of benzene rings is 1. The van der Waals surface area contributed by atoms with Crippen LogP contribution < -0.4 is 0 Å². The number of aliphatic hydroxyl groups is 2. The van der Waals surface area contributed by atoms with Crippen LogP contribution in [0.2, 0.25) is 0 Å². The van der Waals surface area contributed by atoms with Crippen molar-refractivity contribution >= 4 is 16.9 Å². The number of hydrogen-bond acceptors (Lipinski definition) is 4. The van der Waals surface area contributed by atoms with Crippen LogP contribution in [0.15, 0.2) is 18.2 Å². The van der Waals surface area contributed by atoms with Crippen molar-refractivity contribution in [2.24, 2.45) is 0 Å². The summed E-state index contributed by atoms with van der Waals surface area (Å²) in [4.78, 5) is 10.8. The third kappa shape index (κ3) is 5.33. The van der Waals surface area contributed by atoms with E-state index in [1.165, 1.54) is 19.9 Å². The molecule has 0 bridgehead atoms. The molecule has 2 unspecified atom stereocenters. The number of carbonyl (C=O) groups excluding carboxylic acids is 1. The van der Waals surface area contributed by atoms with E-state index in [1.807, 2.05) is 0 Å². The van der Waals surface area contributed by atoms with Crippen LogP contribution in [-0.4, -0.2) is 27.2 Å². The van der Waals surface area contributed by atoms with Gasteiger partial charge in [0.2, 0.25) is 0 Å². The van der Waals surface area contributed by atoms with Crippen LogP contribution in [0.4, 0.5) is 13.2 Å². The topological polar surface area (TPSA) is 57.5 Å². The zero-order valence-corrected chi connectivity index (χ0v) is 12.5. The molecule has 0 amide bonds. The molecule has 0 aliphatic rings. The SMILES string of the molecule is CC(=O)SCCC(O)C(O)c1ccc(C(F)(F)F)c(C)c1. The van der Waals surface area contributed by atoms with Gasteiger partial charge in [0.15, 0.2) is 5.12 Å². The third-order valence-corrected chi connectivity index (χ3v) is 3.83. The van der Waals surface area contributed by atoms with Crippen molar-refractivity contribution in [2.45, 2.75) is 38.7 Å². The lowest BCUT2D eigenvalue weighted by atomic mass is 9.98. The molecule has 0 spiro atoms. The van der Waals surface area contributed by atoms with E-state index in [4.69, 9.17) is 0 Å². The molecule has 0 fully saturated rings. The number of aliphatic hydroxyl groups excluding tert-OH is 2. The predicted octanol–water partition coefficient (Wildman–Crippen LogP) is 3.08. The monoisotopic (exact) mass is 322 g/mol. The van der Waals surface area contributed by atoms with Crippen molar-refractivity contribution in [3.63, 3.8) is 0 Å². The number of aryl methyl sites for hydroxylation is 1. The number of rotatable bonds is 5. The maximum Gasteiger partial charge on any atom is 0.416 e. The largest absolute Gasteiger partial charge is 0.416 e. The van der Waals surface area contributed by atoms with Crippen molar-refractivity contribution in [1.82, 2.24) is 0 Å². The minimum Gasteiger partial charge on any atom is -0.390 e. The van der Waals surface area contributed by atoms with E-state index in [9.17, 15) is 28.2 Å². The zero-order valence-electron chi connectivity index (χ0n) is 11.6. The molecule has 0 aliphatic heterocycles. The summed E-state index contributed by atoms with van der Waals surface area (Å²) in [6.07, 6.45) is -6.68. The number of alkyl halides is 3. The molecule has 21 heavy (non-hydrogen) atoms. The highest BCUT2D eigenvalue weighted by Gasteiger charge is 2.32. The first-order chi connectivity index (χ1) is 9.62. The molecular weight excluding hydrogens is 305 g/mol.